The Morgan fingerprint density at radius 1 is 0.525 bits per heavy atom. The summed E-state index contributed by atoms with van der Waals surface area (Å²) >= 11 is 0. The molecule has 0 saturated heterocycles. The summed E-state index contributed by atoms with van der Waals surface area (Å²) in [6.07, 6.45) is 15.1. The van der Waals surface area contributed by atoms with Gasteiger partial charge in [-0.1, -0.05) is 66.7 Å². The second-order valence-electron chi connectivity index (χ2n) is 8.14. The van der Waals surface area contributed by atoms with Crippen LogP contribution in [0.25, 0.3) is 35.4 Å². The van der Waals surface area contributed by atoms with Crippen molar-refractivity contribution in [1.82, 2.24) is 0 Å². The van der Waals surface area contributed by atoms with E-state index in [1.165, 1.54) is 27.8 Å². The van der Waals surface area contributed by atoms with Gasteiger partial charge in [-0.25, -0.2) is 46.4 Å². The van der Waals surface area contributed by atoms with Gasteiger partial charge in [0.2, 0.25) is 5.69 Å². The van der Waals surface area contributed by atoms with E-state index in [2.05, 4.69) is 126 Å². The van der Waals surface area contributed by atoms with Crippen molar-refractivity contribution in [2.45, 2.75) is 0 Å². The van der Waals surface area contributed by atoms with Gasteiger partial charge in [-0.15, -0.1) is 20.5 Å². The van der Waals surface area contributed by atoms with E-state index in [-0.39, 0.29) is 0 Å². The number of benzene rings is 2. The van der Waals surface area contributed by atoms with Gasteiger partial charge in [-0.3, -0.25) is 0 Å². The average Bonchev–Trinajstić information content (AvgIpc) is 2.87. The Balaban J connectivity index is 0.000000482. The summed E-state index contributed by atoms with van der Waals surface area (Å²) in [6.45, 7) is 0. The summed E-state index contributed by atoms with van der Waals surface area (Å²) < 4.78 is 72.2. The molecule has 0 amide bonds. The smallest absolute Gasteiger partial charge is 0.212 e. The maximum absolute atomic E-state index is 8.49. The fourth-order valence-corrected chi connectivity index (χ4v) is 3.48. The van der Waals surface area contributed by atoms with Crippen LogP contribution in [0.15, 0.2) is 97.5 Å². The fraction of sp³-hybridized carbons (Fsp3) is 0.0714. The van der Waals surface area contributed by atoms with Crippen molar-refractivity contribution in [3.05, 3.63) is 120 Å². The third-order valence-electron chi connectivity index (χ3n) is 5.18. The molecule has 0 bridgehead atoms. The topological polar surface area (TPSA) is 192 Å². The Labute approximate surface area is 236 Å². The zero-order valence-electron chi connectivity index (χ0n) is 21.5. The van der Waals surface area contributed by atoms with Crippen molar-refractivity contribution in [3.63, 3.8) is 0 Å². The molecule has 40 heavy (non-hydrogen) atoms. The fourth-order valence-electron chi connectivity index (χ4n) is 3.48. The maximum Gasteiger partial charge on any atom is 0.212 e. The van der Waals surface area contributed by atoms with Gasteiger partial charge in [0.15, 0.2) is 18.6 Å². The molecule has 0 aliphatic rings. The molecule has 0 saturated carbocycles. The molecule has 2 aromatic carbocycles. The van der Waals surface area contributed by atoms with Gasteiger partial charge in [-0.2, -0.15) is 0 Å². The van der Waals surface area contributed by atoms with Crippen LogP contribution in [0, 0.1) is 20.5 Å². The van der Waals surface area contributed by atoms with E-state index in [1.54, 1.807) is 0 Å². The minimum atomic E-state index is -4.94. The van der Waals surface area contributed by atoms with Crippen LogP contribution >= 0.6 is 0 Å². The number of halogens is 2. The summed E-state index contributed by atoms with van der Waals surface area (Å²) in [4.78, 5) is 0. The molecule has 0 atom stereocenters. The predicted molar refractivity (Wildman–Crippen MR) is 125 cm³/mol. The number of hydrogen-bond donors (Lipinski definition) is 0. The van der Waals surface area contributed by atoms with Gasteiger partial charge >= 0.3 is 0 Å². The molecule has 0 N–H and O–H groups in total. The molecular formula is C28H26Cl2N2O8. The van der Waals surface area contributed by atoms with Gasteiger partial charge in [0.1, 0.15) is 14.1 Å². The molecule has 0 unspecified atom stereocenters. The van der Waals surface area contributed by atoms with Gasteiger partial charge < -0.3 is 0 Å². The molecule has 210 valence electrons. The number of nitrogens with zero attached hydrogens (tertiary/aromatic N) is 2. The summed E-state index contributed by atoms with van der Waals surface area (Å²) in [6, 6.07) is 27.4. The normalized spacial score (nSPS) is 11.6. The highest BCUT2D eigenvalue weighted by atomic mass is 35.7. The third-order valence-corrected chi connectivity index (χ3v) is 5.18. The Kier molecular flexibility index (Phi) is 12.5. The lowest BCUT2D eigenvalue weighted by atomic mass is 9.97. The van der Waals surface area contributed by atoms with Crippen LogP contribution in [0.1, 0.15) is 22.4 Å². The Morgan fingerprint density at radius 2 is 0.950 bits per heavy atom. The van der Waals surface area contributed by atoms with Crippen LogP contribution in [-0.4, -0.2) is 0 Å². The van der Waals surface area contributed by atoms with E-state index in [0.717, 1.165) is 5.69 Å². The highest BCUT2D eigenvalue weighted by Crippen LogP contribution is 2.27. The molecule has 10 nitrogen and oxygen atoms in total. The Hall–Kier alpha value is -3.52. The van der Waals surface area contributed by atoms with E-state index >= 15 is 0 Å². The quantitative estimate of drug-likeness (QED) is 0.209. The molecule has 4 aromatic rings. The number of aromatic nitrogens is 2. The van der Waals surface area contributed by atoms with E-state index < -0.39 is 20.5 Å². The van der Waals surface area contributed by atoms with E-state index in [0.29, 0.717) is 0 Å². The SMILES string of the molecule is C[n+]1ccc(-c2cc[n+](C)c(C=Cc3ccccc3)c2C=Cc2ccccc2)cc1.[O-][Cl+3]([O-])([O-])[O-].[O-][Cl+3]([O-])([O-])[O-]. The van der Waals surface area contributed by atoms with E-state index in [1.807, 2.05) is 19.2 Å². The van der Waals surface area contributed by atoms with Crippen LogP contribution in [0.2, 0.25) is 0 Å². The van der Waals surface area contributed by atoms with Crippen molar-refractivity contribution < 1.29 is 66.9 Å². The van der Waals surface area contributed by atoms with Crippen LogP contribution in [-0.2, 0) is 14.1 Å². The van der Waals surface area contributed by atoms with Crippen LogP contribution in [0.3, 0.4) is 0 Å². The first-order valence-corrected chi connectivity index (χ1v) is 13.9. The van der Waals surface area contributed by atoms with Gasteiger partial charge in [0.25, 0.3) is 0 Å². The predicted octanol–water partition coefficient (Wildman–Crippen LogP) is -4.17. The Morgan fingerprint density at radius 3 is 1.40 bits per heavy atom. The number of aryl methyl sites for hydroxylation is 2. The lowest BCUT2D eigenvalue weighted by molar-refractivity contribution is -2.00. The van der Waals surface area contributed by atoms with Crippen molar-refractivity contribution in [1.29, 1.82) is 0 Å². The monoisotopic (exact) mass is 588 g/mol. The first kappa shape index (κ1) is 32.7. The first-order valence-electron chi connectivity index (χ1n) is 11.4. The summed E-state index contributed by atoms with van der Waals surface area (Å²) in [7, 11) is -5.75. The second kappa shape index (κ2) is 15.3. The molecule has 0 aliphatic heterocycles. The lowest BCUT2D eigenvalue weighted by Gasteiger charge is -2.17. The maximum atomic E-state index is 8.49. The van der Waals surface area contributed by atoms with Gasteiger partial charge in [0.05, 0.1) is 5.56 Å². The summed E-state index contributed by atoms with van der Waals surface area (Å²) in [5, 5.41) is 0. The molecular weight excluding hydrogens is 563 g/mol. The number of rotatable bonds is 5. The summed E-state index contributed by atoms with van der Waals surface area (Å²) in [5.74, 6) is 0. The van der Waals surface area contributed by atoms with E-state index in [9.17, 15) is 0 Å². The molecule has 2 aromatic heterocycles. The average molecular weight is 589 g/mol. The molecule has 2 heterocycles. The zero-order chi connectivity index (χ0) is 29.8. The minimum absolute atomic E-state index is 1.16. The van der Waals surface area contributed by atoms with Crippen molar-refractivity contribution >= 4 is 24.3 Å². The molecule has 0 radical (unpaired) electrons. The largest absolute Gasteiger partial charge is 0.222 e. The second-order valence-corrected chi connectivity index (χ2v) is 9.65. The molecule has 12 heteroatoms. The number of hydrogen-bond acceptors (Lipinski definition) is 8. The van der Waals surface area contributed by atoms with Gasteiger partial charge in [-0.05, 0) is 28.8 Å². The highest BCUT2D eigenvalue weighted by Gasteiger charge is 2.16. The van der Waals surface area contributed by atoms with Crippen LogP contribution in [0.4, 0.5) is 0 Å². The van der Waals surface area contributed by atoms with Crippen LogP contribution < -0.4 is 46.4 Å². The van der Waals surface area contributed by atoms with Crippen molar-refractivity contribution in [2.24, 2.45) is 14.1 Å². The zero-order valence-corrected chi connectivity index (χ0v) is 23.0. The first-order chi connectivity index (χ1) is 18.7. The van der Waals surface area contributed by atoms with Crippen molar-refractivity contribution in [2.75, 3.05) is 0 Å². The van der Waals surface area contributed by atoms with Crippen molar-refractivity contribution in [3.8, 4) is 11.1 Å². The van der Waals surface area contributed by atoms with E-state index in [4.69, 9.17) is 37.3 Å². The third kappa shape index (κ3) is 13.5. The molecule has 0 aliphatic carbocycles. The minimum Gasteiger partial charge on any atom is -0.222 e. The molecule has 0 fully saturated rings. The lowest BCUT2D eigenvalue weighted by Crippen LogP contribution is -2.68. The standard InChI is InChI=1S/C28H26N2.2ClHO4/c1-29-20-17-25(18-21-29)26-19-22-30(2)28(16-14-24-11-7-4-8-12-24)27(26)15-13-23-9-5-3-6-10-23;2*2-1(3,4)5/h3-22H,1-2H3;2*(H,2,3,4,5)/q+2;;/p-2. The molecule has 4 rings (SSSR count). The summed E-state index contributed by atoms with van der Waals surface area (Å²) in [5.41, 5.74) is 7.16. The molecule has 0 spiro atoms. The highest BCUT2D eigenvalue weighted by molar-refractivity contribution is 5.85. The van der Waals surface area contributed by atoms with Gasteiger partial charge in [0, 0.05) is 29.8 Å². The number of pyridine rings is 2. The van der Waals surface area contributed by atoms with Crippen LogP contribution in [0.5, 0.6) is 0 Å². The Bertz CT molecular complexity index is 1360.